The number of piperidine rings is 2. The number of carboxylic acids is 1. The number of thiazole rings is 1. The second kappa shape index (κ2) is 16.4. The third kappa shape index (κ3) is 9.98. The standard InChI is InChI=1S/C34H42F3N5O5S.CH4/c1-33(2)10-4-11-41(21-33)20-28-31(23-6-7-27(47-15-5-14-46-3)24(16-23)34(35,36)37)40-30(48-28)17-26(43)25-18-39-29(19-38-25)42-12-8-22(9-13-42)32(44)45;/h6-7,16,18-19,22H,4-5,8-15,17,20-21H2,1-3H3,(H,44,45);1H4. The Morgan fingerprint density at radius 1 is 1.10 bits per heavy atom. The first-order chi connectivity index (χ1) is 22.8. The Morgan fingerprint density at radius 3 is 2.49 bits per heavy atom. The van der Waals surface area contributed by atoms with Crippen LogP contribution in [-0.4, -0.2) is 83.2 Å². The van der Waals surface area contributed by atoms with Gasteiger partial charge in [-0.15, -0.1) is 11.3 Å². The first kappa shape index (κ1) is 38.2. The molecule has 2 fully saturated rings. The summed E-state index contributed by atoms with van der Waals surface area (Å²) in [6.07, 6.45) is 1.80. The summed E-state index contributed by atoms with van der Waals surface area (Å²) in [7, 11) is 1.52. The van der Waals surface area contributed by atoms with Crippen molar-refractivity contribution in [3.63, 3.8) is 0 Å². The summed E-state index contributed by atoms with van der Waals surface area (Å²) in [6, 6.07) is 4.01. The number of likely N-dealkylation sites (tertiary alicyclic amines) is 1. The van der Waals surface area contributed by atoms with Crippen molar-refractivity contribution in [1.29, 1.82) is 0 Å². The molecule has 1 N–H and O–H groups in total. The molecule has 0 bridgehead atoms. The first-order valence-corrected chi connectivity index (χ1v) is 17.0. The predicted octanol–water partition coefficient (Wildman–Crippen LogP) is 7.02. The highest BCUT2D eigenvalue weighted by molar-refractivity contribution is 7.12. The van der Waals surface area contributed by atoms with Crippen molar-refractivity contribution in [2.45, 2.75) is 72.5 Å². The number of hydrogen-bond donors (Lipinski definition) is 1. The highest BCUT2D eigenvalue weighted by Gasteiger charge is 2.36. The maximum Gasteiger partial charge on any atom is 0.419 e. The molecular formula is C35H46F3N5O5S. The van der Waals surface area contributed by atoms with Crippen LogP contribution in [0.1, 0.15) is 79.3 Å². The molecule has 0 spiro atoms. The number of carbonyl (C=O) groups excluding carboxylic acids is 1. The van der Waals surface area contributed by atoms with E-state index in [2.05, 4.69) is 28.7 Å². The van der Waals surface area contributed by atoms with Crippen molar-refractivity contribution in [3.8, 4) is 17.0 Å². The van der Waals surface area contributed by atoms with Crippen LogP contribution in [0.25, 0.3) is 11.3 Å². The minimum Gasteiger partial charge on any atom is -0.493 e. The number of Topliss-reactive ketones (excluding diaryl/α,β-unsaturated/α-hetero) is 1. The minimum absolute atomic E-state index is 0. The maximum absolute atomic E-state index is 14.2. The smallest absolute Gasteiger partial charge is 0.419 e. The molecule has 5 rings (SSSR count). The molecule has 4 heterocycles. The summed E-state index contributed by atoms with van der Waals surface area (Å²) in [6.45, 7) is 8.17. The van der Waals surface area contributed by atoms with E-state index in [4.69, 9.17) is 14.5 Å². The van der Waals surface area contributed by atoms with E-state index in [-0.39, 0.29) is 49.0 Å². The van der Waals surface area contributed by atoms with E-state index in [1.54, 1.807) is 6.07 Å². The van der Waals surface area contributed by atoms with Crippen molar-refractivity contribution < 1.29 is 37.3 Å². The van der Waals surface area contributed by atoms with E-state index in [0.29, 0.717) is 67.6 Å². The Bertz CT molecular complexity index is 1570. The molecule has 2 aliphatic heterocycles. The second-order valence-corrected chi connectivity index (χ2v) is 14.4. The number of nitrogens with zero attached hydrogens (tertiary/aromatic N) is 5. The van der Waals surface area contributed by atoms with Crippen molar-refractivity contribution in [1.82, 2.24) is 19.9 Å². The van der Waals surface area contributed by atoms with Crippen molar-refractivity contribution in [2.75, 3.05) is 51.4 Å². The summed E-state index contributed by atoms with van der Waals surface area (Å²) in [5.74, 6) is -1.15. The van der Waals surface area contributed by atoms with Gasteiger partial charge in [-0.2, -0.15) is 13.2 Å². The Labute approximate surface area is 289 Å². The molecule has 3 aromatic rings. The molecule has 14 heteroatoms. The summed E-state index contributed by atoms with van der Waals surface area (Å²) in [5, 5.41) is 9.74. The molecule has 2 aliphatic rings. The van der Waals surface area contributed by atoms with Crippen LogP contribution in [-0.2, 0) is 28.7 Å². The van der Waals surface area contributed by atoms with Crippen LogP contribution in [0.3, 0.4) is 0 Å². The van der Waals surface area contributed by atoms with Gasteiger partial charge in [-0.05, 0) is 55.8 Å². The van der Waals surface area contributed by atoms with Crippen LogP contribution >= 0.6 is 11.3 Å². The summed E-state index contributed by atoms with van der Waals surface area (Å²) < 4.78 is 53.1. The van der Waals surface area contributed by atoms with Gasteiger partial charge in [0, 0.05) is 56.8 Å². The van der Waals surface area contributed by atoms with E-state index in [1.165, 1.54) is 36.9 Å². The molecule has 1 aromatic carbocycles. The van der Waals surface area contributed by atoms with Gasteiger partial charge in [-0.3, -0.25) is 14.5 Å². The molecule has 0 aliphatic carbocycles. The summed E-state index contributed by atoms with van der Waals surface area (Å²) in [5.41, 5.74) is 0.127. The molecule has 0 unspecified atom stereocenters. The third-order valence-corrected chi connectivity index (χ3v) is 9.84. The number of anilines is 1. The van der Waals surface area contributed by atoms with Crippen LogP contribution < -0.4 is 9.64 Å². The summed E-state index contributed by atoms with van der Waals surface area (Å²) >= 11 is 1.33. The monoisotopic (exact) mass is 705 g/mol. The molecule has 268 valence electrons. The highest BCUT2D eigenvalue weighted by atomic mass is 32.1. The lowest BCUT2D eigenvalue weighted by molar-refractivity contribution is -0.142. The van der Waals surface area contributed by atoms with E-state index in [1.807, 2.05) is 4.90 Å². The van der Waals surface area contributed by atoms with Gasteiger partial charge in [0.05, 0.1) is 42.6 Å². The molecule has 49 heavy (non-hydrogen) atoms. The number of ether oxygens (including phenoxy) is 2. The number of aliphatic carboxylic acids is 1. The Hall–Kier alpha value is -3.62. The van der Waals surface area contributed by atoms with Crippen molar-refractivity contribution in [2.24, 2.45) is 11.3 Å². The fourth-order valence-corrected chi connectivity index (χ4v) is 7.45. The number of rotatable bonds is 13. The number of aromatic nitrogens is 3. The second-order valence-electron chi connectivity index (χ2n) is 13.2. The zero-order valence-corrected chi connectivity index (χ0v) is 28.3. The molecule has 0 saturated carbocycles. The minimum atomic E-state index is -4.64. The topological polar surface area (TPSA) is 118 Å². The van der Waals surface area contributed by atoms with Gasteiger partial charge in [0.1, 0.15) is 22.3 Å². The first-order valence-electron chi connectivity index (χ1n) is 16.2. The molecule has 0 amide bonds. The van der Waals surface area contributed by atoms with Gasteiger partial charge in [0.15, 0.2) is 5.78 Å². The predicted molar refractivity (Wildman–Crippen MR) is 182 cm³/mol. The van der Waals surface area contributed by atoms with Gasteiger partial charge in [0.25, 0.3) is 0 Å². The Kier molecular flexibility index (Phi) is 12.8. The van der Waals surface area contributed by atoms with Gasteiger partial charge >= 0.3 is 12.1 Å². The number of ketones is 1. The lowest BCUT2D eigenvalue weighted by Gasteiger charge is -2.37. The molecule has 2 saturated heterocycles. The fraction of sp³-hybridized carbons (Fsp3) is 0.571. The van der Waals surface area contributed by atoms with Crippen molar-refractivity contribution in [3.05, 3.63) is 51.7 Å². The maximum atomic E-state index is 14.2. The zero-order valence-electron chi connectivity index (χ0n) is 27.5. The van der Waals surface area contributed by atoms with Crippen LogP contribution in [0.5, 0.6) is 5.75 Å². The quantitative estimate of drug-likeness (QED) is 0.147. The van der Waals surface area contributed by atoms with Gasteiger partial charge in [-0.1, -0.05) is 21.3 Å². The van der Waals surface area contributed by atoms with Crippen LogP contribution in [0.2, 0.25) is 0 Å². The number of alkyl halides is 3. The molecule has 0 atom stereocenters. The van der Waals surface area contributed by atoms with E-state index in [9.17, 15) is 27.9 Å². The Morgan fingerprint density at radius 2 is 1.86 bits per heavy atom. The number of carboxylic acid groups (broad SMARTS) is 1. The SMILES string of the molecule is C.COCCCOc1ccc(-c2nc(CC(=O)c3cnc(N4CCC(C(=O)O)CC4)cn3)sc2CN2CCCC(C)(C)C2)cc1C(F)(F)F. The van der Waals surface area contributed by atoms with Gasteiger partial charge < -0.3 is 19.5 Å². The number of benzene rings is 1. The normalized spacial score (nSPS) is 17.1. The van der Waals surface area contributed by atoms with Gasteiger partial charge in [-0.25, -0.2) is 15.0 Å². The highest BCUT2D eigenvalue weighted by Crippen LogP contribution is 2.41. The zero-order chi connectivity index (χ0) is 34.5. The molecule has 2 aromatic heterocycles. The molecule has 0 radical (unpaired) electrons. The number of methoxy groups -OCH3 is 1. The lowest BCUT2D eigenvalue weighted by atomic mass is 9.84. The van der Waals surface area contributed by atoms with Crippen LogP contribution in [0.4, 0.5) is 19.0 Å². The number of carbonyl (C=O) groups is 2. The van der Waals surface area contributed by atoms with Crippen LogP contribution in [0, 0.1) is 11.3 Å². The largest absolute Gasteiger partial charge is 0.493 e. The third-order valence-electron chi connectivity index (χ3n) is 8.80. The van der Waals surface area contributed by atoms with E-state index < -0.39 is 17.7 Å². The van der Waals surface area contributed by atoms with E-state index in [0.717, 1.165) is 36.9 Å². The van der Waals surface area contributed by atoms with E-state index >= 15 is 0 Å². The summed E-state index contributed by atoms with van der Waals surface area (Å²) in [4.78, 5) is 43.1. The van der Waals surface area contributed by atoms with Gasteiger partial charge in [0.2, 0.25) is 0 Å². The van der Waals surface area contributed by atoms with Crippen LogP contribution in [0.15, 0.2) is 30.6 Å². The number of hydrogen-bond acceptors (Lipinski definition) is 10. The van der Waals surface area contributed by atoms with Crippen molar-refractivity contribution >= 4 is 28.9 Å². The molecular weight excluding hydrogens is 659 g/mol. The fourth-order valence-electron chi connectivity index (χ4n) is 6.31. The number of halogens is 3. The average molecular weight is 706 g/mol. The Balaban J connectivity index is 0.00000541. The lowest BCUT2D eigenvalue weighted by Crippen LogP contribution is -2.39. The average Bonchev–Trinajstić information content (AvgIpc) is 3.43. The molecule has 10 nitrogen and oxygen atoms in total.